The first-order valence-electron chi connectivity index (χ1n) is 10.0. The largest absolute Gasteiger partial charge is 0.616 e. The lowest BCUT2D eigenvalue weighted by Crippen LogP contribution is -2.27. The molecule has 1 unspecified atom stereocenters. The van der Waals surface area contributed by atoms with Gasteiger partial charge in [-0.05, 0) is 35.3 Å². The Labute approximate surface area is 183 Å². The number of hydrogen-bond donors (Lipinski definition) is 0. The maximum absolute atomic E-state index is 12.3. The molecule has 2 aliphatic heterocycles. The Morgan fingerprint density at radius 2 is 2.16 bits per heavy atom. The molecule has 1 amide bonds. The predicted octanol–water partition coefficient (Wildman–Crippen LogP) is 2.66. The molecule has 0 fully saturated rings. The zero-order valence-electron chi connectivity index (χ0n) is 17.3. The highest BCUT2D eigenvalue weighted by Crippen LogP contribution is 2.41. The molecule has 4 heterocycles. The van der Waals surface area contributed by atoms with Gasteiger partial charge in [0.1, 0.15) is 35.0 Å². The van der Waals surface area contributed by atoms with E-state index in [1.807, 2.05) is 24.3 Å². The third-order valence-corrected chi connectivity index (χ3v) is 6.73. The summed E-state index contributed by atoms with van der Waals surface area (Å²) in [6.07, 6.45) is 4.08. The van der Waals surface area contributed by atoms with Crippen molar-refractivity contribution in [3.05, 3.63) is 53.6 Å². The normalized spacial score (nSPS) is 16.9. The molecule has 0 bridgehead atoms. The Hall–Kier alpha value is -3.04. The highest BCUT2D eigenvalue weighted by Gasteiger charge is 2.33. The number of aromatic nitrogens is 2. The minimum atomic E-state index is -0.979. The minimum absolute atomic E-state index is 0.0156. The second-order valence-electron chi connectivity index (χ2n) is 7.81. The van der Waals surface area contributed by atoms with E-state index in [1.165, 1.54) is 10.5 Å². The van der Waals surface area contributed by atoms with E-state index in [2.05, 4.69) is 9.88 Å². The number of furan rings is 1. The fourth-order valence-corrected chi connectivity index (χ4v) is 5.10. The van der Waals surface area contributed by atoms with Gasteiger partial charge in [-0.3, -0.25) is 4.79 Å². The van der Waals surface area contributed by atoms with Gasteiger partial charge in [0.15, 0.2) is 12.4 Å². The van der Waals surface area contributed by atoms with Crippen LogP contribution in [0.1, 0.15) is 16.8 Å². The molecule has 9 heteroatoms. The third kappa shape index (κ3) is 3.75. The van der Waals surface area contributed by atoms with E-state index >= 15 is 0 Å². The summed E-state index contributed by atoms with van der Waals surface area (Å²) in [4.78, 5) is 25.0. The average Bonchev–Trinajstić information content (AvgIpc) is 3.49. The van der Waals surface area contributed by atoms with Crippen molar-refractivity contribution in [2.45, 2.75) is 17.9 Å². The molecule has 0 radical (unpaired) electrons. The van der Waals surface area contributed by atoms with Crippen molar-refractivity contribution in [2.75, 3.05) is 32.1 Å². The number of benzene rings is 1. The molecule has 0 aliphatic carbocycles. The van der Waals surface area contributed by atoms with Crippen LogP contribution in [0.4, 0.5) is 11.5 Å². The molecule has 8 nitrogen and oxygen atoms in total. The van der Waals surface area contributed by atoms with Gasteiger partial charge in [-0.15, -0.1) is 0 Å². The van der Waals surface area contributed by atoms with E-state index in [1.54, 1.807) is 26.6 Å². The second kappa shape index (κ2) is 7.90. The highest BCUT2D eigenvalue weighted by molar-refractivity contribution is 7.90. The Morgan fingerprint density at radius 3 is 2.94 bits per heavy atom. The van der Waals surface area contributed by atoms with Crippen molar-refractivity contribution in [1.82, 2.24) is 14.9 Å². The zero-order valence-corrected chi connectivity index (χ0v) is 18.1. The predicted molar refractivity (Wildman–Crippen MR) is 117 cm³/mol. The SMILES string of the molecule is CN(C)C(=O)COc1ccc2c(c1)N(c1nc(-c3ccoc3)nc3c1C[S+]([O-])C3)CC2. The molecule has 2 aromatic heterocycles. The quantitative estimate of drug-likeness (QED) is 0.565. The number of carbonyl (C=O) groups is 1. The van der Waals surface area contributed by atoms with Crippen molar-refractivity contribution in [3.8, 4) is 17.1 Å². The first-order valence-corrected chi connectivity index (χ1v) is 11.5. The molecule has 3 aromatic rings. The molecule has 1 aromatic carbocycles. The number of amides is 1. The summed E-state index contributed by atoms with van der Waals surface area (Å²) in [5.74, 6) is 2.77. The Balaban J connectivity index is 1.51. The summed E-state index contributed by atoms with van der Waals surface area (Å²) in [7, 11) is 3.40. The van der Waals surface area contributed by atoms with Crippen LogP contribution in [-0.2, 0) is 33.9 Å². The summed E-state index contributed by atoms with van der Waals surface area (Å²) in [6.45, 7) is 0.745. The summed E-state index contributed by atoms with van der Waals surface area (Å²) in [5.41, 5.74) is 4.74. The van der Waals surface area contributed by atoms with Crippen LogP contribution in [0.15, 0.2) is 41.2 Å². The van der Waals surface area contributed by atoms with E-state index in [-0.39, 0.29) is 12.5 Å². The molecule has 0 saturated carbocycles. The summed E-state index contributed by atoms with van der Waals surface area (Å²) in [5, 5.41) is 0. The number of carbonyl (C=O) groups excluding carboxylic acids is 1. The zero-order chi connectivity index (χ0) is 21.5. The van der Waals surface area contributed by atoms with Gasteiger partial charge in [0.2, 0.25) is 0 Å². The number of rotatable bonds is 5. The summed E-state index contributed by atoms with van der Waals surface area (Å²) in [6, 6.07) is 7.69. The van der Waals surface area contributed by atoms with Crippen molar-refractivity contribution in [1.29, 1.82) is 0 Å². The van der Waals surface area contributed by atoms with Crippen LogP contribution in [0, 0.1) is 0 Å². The van der Waals surface area contributed by atoms with E-state index < -0.39 is 11.2 Å². The van der Waals surface area contributed by atoms with E-state index in [9.17, 15) is 9.35 Å². The van der Waals surface area contributed by atoms with Gasteiger partial charge in [0, 0.05) is 32.4 Å². The Kier molecular flexibility index (Phi) is 5.07. The van der Waals surface area contributed by atoms with Gasteiger partial charge in [-0.25, -0.2) is 9.97 Å². The fourth-order valence-electron chi connectivity index (χ4n) is 3.84. The van der Waals surface area contributed by atoms with Gasteiger partial charge in [0.05, 0.1) is 17.4 Å². The van der Waals surface area contributed by atoms with Crippen molar-refractivity contribution in [3.63, 3.8) is 0 Å². The highest BCUT2D eigenvalue weighted by atomic mass is 32.2. The Bertz CT molecular complexity index is 1130. The second-order valence-corrected chi connectivity index (χ2v) is 9.26. The van der Waals surface area contributed by atoms with Gasteiger partial charge in [-0.2, -0.15) is 0 Å². The van der Waals surface area contributed by atoms with Gasteiger partial charge < -0.3 is 23.5 Å². The van der Waals surface area contributed by atoms with Crippen LogP contribution in [0.25, 0.3) is 11.4 Å². The molecule has 2 aliphatic rings. The first-order chi connectivity index (χ1) is 15.0. The van der Waals surface area contributed by atoms with E-state index in [0.717, 1.165) is 41.3 Å². The fraction of sp³-hybridized carbons (Fsp3) is 0.318. The van der Waals surface area contributed by atoms with Crippen LogP contribution in [-0.4, -0.2) is 52.6 Å². The summed E-state index contributed by atoms with van der Waals surface area (Å²) >= 11 is -0.979. The van der Waals surface area contributed by atoms with Crippen molar-refractivity contribution >= 4 is 28.6 Å². The average molecular weight is 439 g/mol. The van der Waals surface area contributed by atoms with Crippen LogP contribution < -0.4 is 9.64 Å². The molecule has 1 atom stereocenters. The molecule has 31 heavy (non-hydrogen) atoms. The van der Waals surface area contributed by atoms with Crippen molar-refractivity contribution in [2.24, 2.45) is 0 Å². The van der Waals surface area contributed by atoms with Crippen LogP contribution in [0.2, 0.25) is 0 Å². The number of nitrogens with zero attached hydrogens (tertiary/aromatic N) is 4. The minimum Gasteiger partial charge on any atom is -0.616 e. The molecule has 5 rings (SSSR count). The topological polar surface area (TPSA) is 94.8 Å². The van der Waals surface area contributed by atoms with Gasteiger partial charge in [-0.1, -0.05) is 6.07 Å². The van der Waals surface area contributed by atoms with E-state index in [0.29, 0.717) is 23.1 Å². The van der Waals surface area contributed by atoms with Gasteiger partial charge in [0.25, 0.3) is 5.91 Å². The molecular formula is C22H22N4O4S. The number of ether oxygens (including phenoxy) is 1. The smallest absolute Gasteiger partial charge is 0.259 e. The van der Waals surface area contributed by atoms with Crippen molar-refractivity contribution < 1.29 is 18.5 Å². The molecule has 0 N–H and O–H groups in total. The third-order valence-electron chi connectivity index (χ3n) is 5.52. The maximum Gasteiger partial charge on any atom is 0.259 e. The molecule has 0 spiro atoms. The standard InChI is InChI=1S/C22H22N4O4S/c1-25(2)20(27)11-30-16-4-3-14-5-7-26(19(14)9-16)22-17-12-31(28)13-18(17)23-21(24-22)15-6-8-29-10-15/h3-4,6,8-10H,5,7,11-13H2,1-2H3. The van der Waals surface area contributed by atoms with Crippen LogP contribution in [0.5, 0.6) is 5.75 Å². The van der Waals surface area contributed by atoms with Gasteiger partial charge >= 0.3 is 0 Å². The Morgan fingerprint density at radius 1 is 1.29 bits per heavy atom. The lowest BCUT2D eigenvalue weighted by Gasteiger charge is -2.21. The lowest BCUT2D eigenvalue weighted by molar-refractivity contribution is -0.130. The molecule has 0 saturated heterocycles. The number of fused-ring (bicyclic) bond motifs is 2. The van der Waals surface area contributed by atoms with E-state index in [4.69, 9.17) is 14.1 Å². The number of anilines is 2. The van der Waals surface area contributed by atoms with Crippen LogP contribution in [0.3, 0.4) is 0 Å². The molecule has 160 valence electrons. The molecular weight excluding hydrogens is 416 g/mol. The summed E-state index contributed by atoms with van der Waals surface area (Å²) < 4.78 is 23.2. The van der Waals surface area contributed by atoms with Crippen LogP contribution >= 0.6 is 0 Å². The first kappa shape index (κ1) is 19.9. The lowest BCUT2D eigenvalue weighted by atomic mass is 10.1. The number of hydrogen-bond acceptors (Lipinski definition) is 7. The maximum atomic E-state index is 12.3. The monoisotopic (exact) mass is 438 g/mol. The number of likely N-dealkylation sites (N-methyl/N-ethyl adjacent to an activating group) is 1.